The van der Waals surface area contributed by atoms with Crippen LogP contribution in [0.25, 0.3) is 0 Å². The standard InChI is InChI=1S/C9H16N4O2/c1-6(2)7(5-10)8(14)12-3-4-13-9(11)15/h6-7H,3-4H2,1-2H3,(H,12,14)(H3,11,13,15). The highest BCUT2D eigenvalue weighted by atomic mass is 16.2. The number of hydrogen-bond donors (Lipinski definition) is 3. The van der Waals surface area contributed by atoms with Crippen LogP contribution in [0.5, 0.6) is 0 Å². The van der Waals surface area contributed by atoms with Gasteiger partial charge in [-0.15, -0.1) is 0 Å². The van der Waals surface area contributed by atoms with Gasteiger partial charge in [-0.1, -0.05) is 13.8 Å². The van der Waals surface area contributed by atoms with Crippen LogP contribution in [0.3, 0.4) is 0 Å². The summed E-state index contributed by atoms with van der Waals surface area (Å²) in [7, 11) is 0. The average molecular weight is 212 g/mol. The number of urea groups is 1. The van der Waals surface area contributed by atoms with Gasteiger partial charge in [-0.05, 0) is 5.92 Å². The monoisotopic (exact) mass is 212 g/mol. The Kier molecular flexibility index (Phi) is 5.86. The van der Waals surface area contributed by atoms with Crippen LogP contribution >= 0.6 is 0 Å². The molecule has 0 rings (SSSR count). The number of nitrogens with one attached hydrogen (secondary N) is 2. The molecule has 0 heterocycles. The molecule has 3 amide bonds. The molecule has 84 valence electrons. The van der Waals surface area contributed by atoms with Gasteiger partial charge in [-0.2, -0.15) is 5.26 Å². The van der Waals surface area contributed by atoms with Crippen LogP contribution in [-0.2, 0) is 4.79 Å². The summed E-state index contributed by atoms with van der Waals surface area (Å²) in [4.78, 5) is 21.7. The number of hydrogen-bond acceptors (Lipinski definition) is 3. The van der Waals surface area contributed by atoms with Gasteiger partial charge < -0.3 is 16.4 Å². The molecular weight excluding hydrogens is 196 g/mol. The number of rotatable bonds is 5. The summed E-state index contributed by atoms with van der Waals surface area (Å²) in [6.45, 7) is 4.13. The molecule has 0 aliphatic heterocycles. The van der Waals surface area contributed by atoms with E-state index in [1.807, 2.05) is 6.07 Å². The van der Waals surface area contributed by atoms with Crippen molar-refractivity contribution in [2.24, 2.45) is 17.6 Å². The molecule has 0 aliphatic rings. The highest BCUT2D eigenvalue weighted by Crippen LogP contribution is 2.08. The van der Waals surface area contributed by atoms with E-state index in [2.05, 4.69) is 10.6 Å². The van der Waals surface area contributed by atoms with Crippen molar-refractivity contribution in [2.45, 2.75) is 13.8 Å². The third kappa shape index (κ3) is 5.52. The first-order valence-corrected chi connectivity index (χ1v) is 4.69. The number of primary amides is 1. The molecule has 6 heteroatoms. The van der Waals surface area contributed by atoms with Crippen LogP contribution in [0.2, 0.25) is 0 Å². The number of amides is 3. The van der Waals surface area contributed by atoms with Gasteiger partial charge in [0.1, 0.15) is 5.92 Å². The molecule has 1 unspecified atom stereocenters. The zero-order chi connectivity index (χ0) is 11.8. The molecule has 0 aromatic heterocycles. The van der Waals surface area contributed by atoms with Gasteiger partial charge in [0.15, 0.2) is 0 Å². The summed E-state index contributed by atoms with van der Waals surface area (Å²) in [6, 6.07) is 1.29. The zero-order valence-corrected chi connectivity index (χ0v) is 8.91. The third-order valence-corrected chi connectivity index (χ3v) is 1.81. The first-order chi connectivity index (χ1) is 6.99. The van der Waals surface area contributed by atoms with Gasteiger partial charge in [0, 0.05) is 13.1 Å². The maximum absolute atomic E-state index is 11.4. The number of carbonyl (C=O) groups is 2. The molecule has 0 bridgehead atoms. The second-order valence-corrected chi connectivity index (χ2v) is 3.43. The Hall–Kier alpha value is -1.77. The highest BCUT2D eigenvalue weighted by molar-refractivity contribution is 5.81. The van der Waals surface area contributed by atoms with E-state index in [1.54, 1.807) is 13.8 Å². The van der Waals surface area contributed by atoms with E-state index in [0.717, 1.165) is 0 Å². The predicted molar refractivity (Wildman–Crippen MR) is 54.5 cm³/mol. The molecule has 0 fully saturated rings. The minimum Gasteiger partial charge on any atom is -0.353 e. The summed E-state index contributed by atoms with van der Waals surface area (Å²) < 4.78 is 0. The van der Waals surface area contributed by atoms with Crippen LogP contribution in [0, 0.1) is 23.2 Å². The SMILES string of the molecule is CC(C)C(C#N)C(=O)NCCNC(N)=O. The molecule has 15 heavy (non-hydrogen) atoms. The van der Waals surface area contributed by atoms with Crippen molar-refractivity contribution < 1.29 is 9.59 Å². The Labute approximate surface area is 88.8 Å². The van der Waals surface area contributed by atoms with E-state index in [-0.39, 0.29) is 24.9 Å². The molecule has 0 saturated carbocycles. The van der Waals surface area contributed by atoms with Gasteiger partial charge in [0.25, 0.3) is 0 Å². The topological polar surface area (TPSA) is 108 Å². The fourth-order valence-corrected chi connectivity index (χ4v) is 0.992. The Morgan fingerprint density at radius 1 is 1.33 bits per heavy atom. The Bertz CT molecular complexity index is 270. The fraction of sp³-hybridized carbons (Fsp3) is 0.667. The van der Waals surface area contributed by atoms with E-state index in [9.17, 15) is 9.59 Å². The first kappa shape index (κ1) is 13.2. The Balaban J connectivity index is 3.83. The summed E-state index contributed by atoms with van der Waals surface area (Å²) in [5.74, 6) is -1.00. The van der Waals surface area contributed by atoms with Crippen molar-refractivity contribution in [2.75, 3.05) is 13.1 Å². The lowest BCUT2D eigenvalue weighted by Crippen LogP contribution is -2.40. The Morgan fingerprint density at radius 2 is 1.87 bits per heavy atom. The van der Waals surface area contributed by atoms with E-state index >= 15 is 0 Å². The van der Waals surface area contributed by atoms with Crippen LogP contribution in [-0.4, -0.2) is 25.0 Å². The lowest BCUT2D eigenvalue weighted by molar-refractivity contribution is -0.124. The zero-order valence-electron chi connectivity index (χ0n) is 8.91. The van der Waals surface area contributed by atoms with E-state index in [1.165, 1.54) is 0 Å². The molecule has 0 spiro atoms. The van der Waals surface area contributed by atoms with Crippen molar-refractivity contribution in [1.29, 1.82) is 5.26 Å². The summed E-state index contributed by atoms with van der Waals surface area (Å²) in [5, 5.41) is 13.6. The summed E-state index contributed by atoms with van der Waals surface area (Å²) >= 11 is 0. The number of nitrogens with zero attached hydrogens (tertiary/aromatic N) is 1. The van der Waals surface area contributed by atoms with E-state index in [0.29, 0.717) is 0 Å². The lowest BCUT2D eigenvalue weighted by atomic mass is 9.97. The third-order valence-electron chi connectivity index (χ3n) is 1.81. The number of nitrogens with two attached hydrogens (primary N) is 1. The quantitative estimate of drug-likeness (QED) is 0.538. The van der Waals surface area contributed by atoms with Crippen LogP contribution in [0.15, 0.2) is 0 Å². The molecule has 0 radical (unpaired) electrons. The van der Waals surface area contributed by atoms with Crippen molar-refractivity contribution in [3.05, 3.63) is 0 Å². The maximum Gasteiger partial charge on any atom is 0.312 e. The minimum atomic E-state index is -0.654. The van der Waals surface area contributed by atoms with Crippen molar-refractivity contribution in [1.82, 2.24) is 10.6 Å². The molecule has 4 N–H and O–H groups in total. The molecule has 0 saturated heterocycles. The Morgan fingerprint density at radius 3 is 2.27 bits per heavy atom. The minimum absolute atomic E-state index is 0.0286. The molecule has 6 nitrogen and oxygen atoms in total. The van der Waals surface area contributed by atoms with Crippen molar-refractivity contribution >= 4 is 11.9 Å². The fourth-order valence-electron chi connectivity index (χ4n) is 0.992. The first-order valence-electron chi connectivity index (χ1n) is 4.69. The molecule has 1 atom stereocenters. The van der Waals surface area contributed by atoms with Crippen LogP contribution in [0.4, 0.5) is 4.79 Å². The molecule has 0 aromatic carbocycles. The van der Waals surface area contributed by atoms with E-state index in [4.69, 9.17) is 11.0 Å². The van der Waals surface area contributed by atoms with Crippen LogP contribution in [0.1, 0.15) is 13.8 Å². The molecule has 0 aromatic rings. The molecule has 0 aliphatic carbocycles. The summed E-state index contributed by atoms with van der Waals surface area (Å²) in [6.07, 6.45) is 0. The van der Waals surface area contributed by atoms with Gasteiger partial charge in [-0.25, -0.2) is 4.79 Å². The number of carbonyl (C=O) groups excluding carboxylic acids is 2. The predicted octanol–water partition coefficient (Wildman–Crippen LogP) is -0.433. The largest absolute Gasteiger partial charge is 0.353 e. The number of nitriles is 1. The smallest absolute Gasteiger partial charge is 0.312 e. The van der Waals surface area contributed by atoms with Crippen LogP contribution < -0.4 is 16.4 Å². The van der Waals surface area contributed by atoms with Gasteiger partial charge in [-0.3, -0.25) is 4.79 Å². The van der Waals surface area contributed by atoms with E-state index < -0.39 is 11.9 Å². The average Bonchev–Trinajstić information content (AvgIpc) is 2.12. The van der Waals surface area contributed by atoms with Gasteiger partial charge in [0.2, 0.25) is 5.91 Å². The van der Waals surface area contributed by atoms with Crippen molar-refractivity contribution in [3.8, 4) is 6.07 Å². The maximum atomic E-state index is 11.4. The normalized spacial score (nSPS) is 11.6. The van der Waals surface area contributed by atoms with Crippen molar-refractivity contribution in [3.63, 3.8) is 0 Å². The highest BCUT2D eigenvalue weighted by Gasteiger charge is 2.20. The van der Waals surface area contributed by atoms with Gasteiger partial charge in [0.05, 0.1) is 6.07 Å². The van der Waals surface area contributed by atoms with Gasteiger partial charge >= 0.3 is 6.03 Å². The second-order valence-electron chi connectivity index (χ2n) is 3.43. The summed E-state index contributed by atoms with van der Waals surface area (Å²) in [5.41, 5.74) is 4.83. The molecular formula is C9H16N4O2. The lowest BCUT2D eigenvalue weighted by Gasteiger charge is -2.12. The second kappa shape index (κ2) is 6.65.